The highest BCUT2D eigenvalue weighted by Gasteiger charge is 2.29. The van der Waals surface area contributed by atoms with Gasteiger partial charge in [0.2, 0.25) is 0 Å². The van der Waals surface area contributed by atoms with E-state index in [4.69, 9.17) is 5.73 Å². The second kappa shape index (κ2) is 11.2. The van der Waals surface area contributed by atoms with Crippen LogP contribution in [0.2, 0.25) is 0 Å². The highest BCUT2D eigenvalue weighted by molar-refractivity contribution is 7.10. The minimum Gasteiger partial charge on any atom is -0.361 e. The molecule has 1 aromatic heterocycles. The molecular formula is C21H14N8O7S. The molecule has 0 bridgehead atoms. The largest absolute Gasteiger partial charge is 0.361 e. The monoisotopic (exact) mass is 522 g/mol. The fourth-order valence-electron chi connectivity index (χ4n) is 2.81. The van der Waals surface area contributed by atoms with Gasteiger partial charge in [0.05, 0.1) is 21.6 Å². The molecule has 0 aliphatic heterocycles. The Kier molecular flexibility index (Phi) is 7.92. The molecule has 2 aromatic carbocycles. The van der Waals surface area contributed by atoms with Crippen LogP contribution in [-0.4, -0.2) is 38.3 Å². The Balaban J connectivity index is 1.93. The van der Waals surface area contributed by atoms with Crippen molar-refractivity contribution in [3.05, 3.63) is 79.1 Å². The fourth-order valence-corrected chi connectivity index (χ4v) is 3.69. The van der Waals surface area contributed by atoms with E-state index in [1.165, 1.54) is 36.4 Å². The van der Waals surface area contributed by atoms with Crippen molar-refractivity contribution in [2.75, 3.05) is 5.32 Å². The number of hydrogen-bond acceptors (Lipinski definition) is 11. The Hall–Kier alpha value is -5.56. The lowest BCUT2D eigenvalue weighted by atomic mass is 10.0. The lowest BCUT2D eigenvalue weighted by Crippen LogP contribution is -2.36. The van der Waals surface area contributed by atoms with E-state index in [1.54, 1.807) is 10.8 Å². The number of nitrogens with one attached hydrogen (secondary N) is 2. The lowest BCUT2D eigenvalue weighted by molar-refractivity contribution is -0.385. The Morgan fingerprint density at radius 1 is 1.00 bits per heavy atom. The van der Waals surface area contributed by atoms with Gasteiger partial charge in [0, 0.05) is 40.9 Å². The topological polar surface area (TPSA) is 237 Å². The van der Waals surface area contributed by atoms with Gasteiger partial charge in [-0.1, -0.05) is 0 Å². The number of nitrogens with zero attached hydrogens (tertiary/aromatic N) is 5. The summed E-state index contributed by atoms with van der Waals surface area (Å²) in [6.45, 7) is 0. The summed E-state index contributed by atoms with van der Waals surface area (Å²) in [6.07, 6.45) is 0. The number of amides is 3. The zero-order valence-electron chi connectivity index (χ0n) is 18.4. The summed E-state index contributed by atoms with van der Waals surface area (Å²) in [5.41, 5.74) is 6.75. The average molecular weight is 522 g/mol. The van der Waals surface area contributed by atoms with Gasteiger partial charge >= 0.3 is 11.8 Å². The number of nitrogens with two attached hydrogens (primary N) is 1. The van der Waals surface area contributed by atoms with Crippen molar-refractivity contribution < 1.29 is 24.2 Å². The quantitative estimate of drug-likeness (QED) is 0.169. The Morgan fingerprint density at radius 2 is 1.57 bits per heavy atom. The number of hydrazone groups is 1. The smallest absolute Gasteiger partial charge is 0.329 e. The van der Waals surface area contributed by atoms with Crippen LogP contribution in [0.15, 0.2) is 59.0 Å². The van der Waals surface area contributed by atoms with Crippen LogP contribution >= 0.6 is 11.3 Å². The number of thiazole rings is 1. The van der Waals surface area contributed by atoms with Gasteiger partial charge in [-0.25, -0.2) is 10.4 Å². The third-order valence-corrected chi connectivity index (χ3v) is 5.53. The average Bonchev–Trinajstić information content (AvgIpc) is 3.36. The maximum absolute atomic E-state index is 13.0. The molecule has 0 spiro atoms. The fraction of sp³-hybridized carbons (Fsp3) is 0.0476. The van der Waals surface area contributed by atoms with Gasteiger partial charge in [-0.05, 0) is 24.3 Å². The molecule has 0 unspecified atom stereocenters. The number of nitro benzene ring substituents is 2. The Morgan fingerprint density at radius 3 is 2.08 bits per heavy atom. The molecular weight excluding hydrogens is 508 g/mol. The lowest BCUT2D eigenvalue weighted by Gasteiger charge is -2.11. The molecule has 0 fully saturated rings. The van der Waals surface area contributed by atoms with Gasteiger partial charge in [0.25, 0.3) is 17.3 Å². The molecule has 3 aromatic rings. The second-order valence-electron chi connectivity index (χ2n) is 7.00. The van der Waals surface area contributed by atoms with E-state index in [-0.39, 0.29) is 22.1 Å². The van der Waals surface area contributed by atoms with E-state index in [0.29, 0.717) is 11.3 Å². The van der Waals surface area contributed by atoms with E-state index < -0.39 is 39.2 Å². The van der Waals surface area contributed by atoms with Crippen LogP contribution in [0, 0.1) is 31.6 Å². The predicted octanol–water partition coefficient (Wildman–Crippen LogP) is 1.83. The van der Waals surface area contributed by atoms with E-state index in [0.717, 1.165) is 23.5 Å². The van der Waals surface area contributed by atoms with Crippen LogP contribution in [0.5, 0.6) is 0 Å². The summed E-state index contributed by atoms with van der Waals surface area (Å²) in [5, 5.41) is 39.2. The van der Waals surface area contributed by atoms with Crippen LogP contribution in [-0.2, 0) is 14.4 Å². The minimum absolute atomic E-state index is 0.0850. The van der Waals surface area contributed by atoms with Crippen molar-refractivity contribution in [1.29, 1.82) is 5.26 Å². The highest BCUT2D eigenvalue weighted by atomic mass is 32.1. The standard InChI is InChI=1S/C21H14N8O7S/c22-9-15(21-25-16(10-37-21)11-1-5-13(6-2-11)28(33)34)17(26-27-20(32)18(23)30)19(31)24-12-3-7-14(8-4-12)29(35)36/h1-8,10,15H,(H2,23,30)(H,24,31)(H,27,32)/b26-17+/t15-/m0/s1. The number of non-ortho nitro benzene ring substituents is 2. The number of benzene rings is 2. The van der Waals surface area contributed by atoms with Crippen molar-refractivity contribution in [2.45, 2.75) is 5.92 Å². The van der Waals surface area contributed by atoms with Crippen LogP contribution in [0.1, 0.15) is 10.9 Å². The van der Waals surface area contributed by atoms with Crippen molar-refractivity contribution in [1.82, 2.24) is 10.4 Å². The third kappa shape index (κ3) is 6.32. The highest BCUT2D eigenvalue weighted by Crippen LogP contribution is 2.29. The molecule has 15 nitrogen and oxygen atoms in total. The number of carbonyl (C=O) groups is 3. The van der Waals surface area contributed by atoms with Gasteiger partial charge in [-0.15, -0.1) is 11.3 Å². The number of aromatic nitrogens is 1. The number of rotatable bonds is 8. The second-order valence-corrected chi connectivity index (χ2v) is 7.89. The summed E-state index contributed by atoms with van der Waals surface area (Å²) in [6, 6.07) is 12.1. The van der Waals surface area contributed by atoms with E-state index in [9.17, 15) is 39.9 Å². The summed E-state index contributed by atoms with van der Waals surface area (Å²) in [4.78, 5) is 60.5. The van der Waals surface area contributed by atoms with Gasteiger partial charge < -0.3 is 11.1 Å². The molecule has 37 heavy (non-hydrogen) atoms. The summed E-state index contributed by atoms with van der Waals surface area (Å²) in [5.74, 6) is -5.13. The molecule has 0 saturated heterocycles. The molecule has 4 N–H and O–H groups in total. The summed E-state index contributed by atoms with van der Waals surface area (Å²) >= 11 is 0.978. The van der Waals surface area contributed by atoms with E-state index in [2.05, 4.69) is 15.4 Å². The van der Waals surface area contributed by atoms with Crippen molar-refractivity contribution >= 4 is 51.8 Å². The van der Waals surface area contributed by atoms with Gasteiger partial charge in [0.15, 0.2) is 0 Å². The number of nitriles is 1. The maximum Gasteiger partial charge on any atom is 0.329 e. The van der Waals surface area contributed by atoms with Gasteiger partial charge in [0.1, 0.15) is 16.6 Å². The van der Waals surface area contributed by atoms with Gasteiger partial charge in [-0.2, -0.15) is 10.4 Å². The van der Waals surface area contributed by atoms with Crippen molar-refractivity contribution in [3.63, 3.8) is 0 Å². The molecule has 1 atom stereocenters. The maximum atomic E-state index is 13.0. The van der Waals surface area contributed by atoms with Crippen LogP contribution in [0.4, 0.5) is 17.1 Å². The molecule has 0 aliphatic carbocycles. The SMILES string of the molecule is N#C[C@@H](/C(=N\NC(=O)C(N)=O)C(=O)Nc1ccc([N+](=O)[O-])cc1)c1nc(-c2ccc([N+](=O)[O-])cc2)cs1. The molecule has 3 rings (SSSR count). The number of primary amides is 1. The first-order valence-electron chi connectivity index (χ1n) is 9.93. The zero-order chi connectivity index (χ0) is 27.1. The van der Waals surface area contributed by atoms with E-state index >= 15 is 0 Å². The number of nitro groups is 2. The van der Waals surface area contributed by atoms with E-state index in [1.807, 2.05) is 6.07 Å². The summed E-state index contributed by atoms with van der Waals surface area (Å²) in [7, 11) is 0. The molecule has 186 valence electrons. The first kappa shape index (κ1) is 26.1. The third-order valence-electron chi connectivity index (χ3n) is 4.62. The molecule has 0 radical (unpaired) electrons. The van der Waals surface area contributed by atoms with Crippen LogP contribution < -0.4 is 16.5 Å². The van der Waals surface area contributed by atoms with Crippen molar-refractivity contribution in [3.8, 4) is 17.3 Å². The number of anilines is 1. The van der Waals surface area contributed by atoms with Gasteiger partial charge in [-0.3, -0.25) is 34.6 Å². The zero-order valence-corrected chi connectivity index (χ0v) is 19.2. The van der Waals surface area contributed by atoms with Crippen LogP contribution in [0.25, 0.3) is 11.3 Å². The number of hydrogen-bond donors (Lipinski definition) is 3. The predicted molar refractivity (Wildman–Crippen MR) is 129 cm³/mol. The molecule has 16 heteroatoms. The Labute approximate surface area is 210 Å². The molecule has 1 heterocycles. The van der Waals surface area contributed by atoms with Crippen molar-refractivity contribution in [2.24, 2.45) is 10.8 Å². The minimum atomic E-state index is -1.43. The first-order valence-corrected chi connectivity index (χ1v) is 10.8. The Bertz CT molecular complexity index is 1460. The molecule has 0 aliphatic rings. The first-order chi connectivity index (χ1) is 17.6. The molecule has 3 amide bonds. The normalized spacial score (nSPS) is 11.6. The summed E-state index contributed by atoms with van der Waals surface area (Å²) < 4.78 is 0. The number of carbonyl (C=O) groups excluding carboxylic acids is 3. The van der Waals surface area contributed by atoms with Crippen LogP contribution in [0.3, 0.4) is 0 Å². The molecule has 0 saturated carbocycles.